The van der Waals surface area contributed by atoms with Crippen molar-refractivity contribution in [2.24, 2.45) is 0 Å². The van der Waals surface area contributed by atoms with Crippen molar-refractivity contribution in [1.29, 1.82) is 0 Å². The van der Waals surface area contributed by atoms with E-state index in [9.17, 15) is 10.1 Å². The van der Waals surface area contributed by atoms with Gasteiger partial charge in [-0.15, -0.1) is 0 Å². The van der Waals surface area contributed by atoms with Crippen LogP contribution in [0.15, 0.2) is 42.5 Å². The summed E-state index contributed by atoms with van der Waals surface area (Å²) < 4.78 is 5.81. The van der Waals surface area contributed by atoms with Crippen LogP contribution in [0.4, 0.5) is 5.69 Å². The van der Waals surface area contributed by atoms with Gasteiger partial charge in [-0.25, -0.2) is 0 Å². The van der Waals surface area contributed by atoms with Gasteiger partial charge in [-0.3, -0.25) is 10.1 Å². The molecule has 2 rings (SSSR count). The molecule has 0 saturated carbocycles. The molecule has 0 amide bonds. The van der Waals surface area contributed by atoms with E-state index in [0.717, 1.165) is 23.3 Å². The average molecular weight is 271 g/mol. The minimum Gasteiger partial charge on any atom is -0.489 e. The monoisotopic (exact) mass is 271 g/mol. The molecule has 0 aliphatic heterocycles. The highest BCUT2D eigenvalue weighted by molar-refractivity contribution is 5.44. The van der Waals surface area contributed by atoms with E-state index in [2.05, 4.69) is 6.92 Å². The molecule has 0 bridgehead atoms. The molecule has 0 radical (unpaired) electrons. The first-order valence-corrected chi connectivity index (χ1v) is 6.57. The summed E-state index contributed by atoms with van der Waals surface area (Å²) in [7, 11) is 0. The average Bonchev–Trinajstić information content (AvgIpc) is 2.46. The van der Waals surface area contributed by atoms with E-state index >= 15 is 0 Å². The quantitative estimate of drug-likeness (QED) is 0.609. The van der Waals surface area contributed by atoms with E-state index in [-0.39, 0.29) is 10.6 Å². The summed E-state index contributed by atoms with van der Waals surface area (Å²) in [6.45, 7) is 4.16. The van der Waals surface area contributed by atoms with Crippen molar-refractivity contribution in [3.8, 4) is 5.75 Å². The lowest BCUT2D eigenvalue weighted by Gasteiger charge is -2.11. The molecule has 4 nitrogen and oxygen atoms in total. The van der Waals surface area contributed by atoms with Gasteiger partial charge in [0, 0.05) is 11.6 Å². The van der Waals surface area contributed by atoms with Crippen molar-refractivity contribution < 1.29 is 9.66 Å². The van der Waals surface area contributed by atoms with Gasteiger partial charge in [0.2, 0.25) is 0 Å². The highest BCUT2D eigenvalue weighted by Crippen LogP contribution is 2.24. The van der Waals surface area contributed by atoms with Gasteiger partial charge in [0.15, 0.2) is 0 Å². The molecule has 0 heterocycles. The number of para-hydroxylation sites is 1. The van der Waals surface area contributed by atoms with Crippen LogP contribution in [0.3, 0.4) is 0 Å². The fourth-order valence-electron chi connectivity index (χ4n) is 2.12. The number of nitro groups is 1. The number of ether oxygens (including phenoxy) is 1. The van der Waals surface area contributed by atoms with Crippen LogP contribution in [0.1, 0.15) is 23.6 Å². The number of rotatable bonds is 5. The molecule has 104 valence electrons. The van der Waals surface area contributed by atoms with E-state index < -0.39 is 0 Å². The second-order valence-electron chi connectivity index (χ2n) is 4.57. The van der Waals surface area contributed by atoms with E-state index in [1.54, 1.807) is 13.0 Å². The van der Waals surface area contributed by atoms with Crippen LogP contribution >= 0.6 is 0 Å². The Morgan fingerprint density at radius 3 is 2.50 bits per heavy atom. The van der Waals surface area contributed by atoms with Crippen LogP contribution < -0.4 is 4.74 Å². The molecule has 0 N–H and O–H groups in total. The molecule has 20 heavy (non-hydrogen) atoms. The molecule has 0 unspecified atom stereocenters. The Morgan fingerprint density at radius 1 is 1.10 bits per heavy atom. The summed E-state index contributed by atoms with van der Waals surface area (Å²) >= 11 is 0. The Morgan fingerprint density at radius 2 is 1.80 bits per heavy atom. The van der Waals surface area contributed by atoms with Gasteiger partial charge in [0.1, 0.15) is 12.4 Å². The zero-order chi connectivity index (χ0) is 14.5. The molecular weight excluding hydrogens is 254 g/mol. The zero-order valence-electron chi connectivity index (χ0n) is 11.6. The summed E-state index contributed by atoms with van der Waals surface area (Å²) in [6.07, 6.45) is 0.893. The SMILES string of the molecule is CCc1ccccc1OCc1cccc([N+](=O)[O-])c1C. The van der Waals surface area contributed by atoms with Gasteiger partial charge < -0.3 is 4.74 Å². The third-order valence-corrected chi connectivity index (χ3v) is 3.35. The summed E-state index contributed by atoms with van der Waals surface area (Å²) in [5, 5.41) is 10.9. The Labute approximate surface area is 118 Å². The lowest BCUT2D eigenvalue weighted by molar-refractivity contribution is -0.385. The van der Waals surface area contributed by atoms with Gasteiger partial charge in [-0.1, -0.05) is 37.3 Å². The van der Waals surface area contributed by atoms with Crippen LogP contribution in [-0.2, 0) is 13.0 Å². The molecule has 4 heteroatoms. The van der Waals surface area contributed by atoms with Crippen LogP contribution in [0.25, 0.3) is 0 Å². The molecule has 0 fully saturated rings. The Bertz CT molecular complexity index is 623. The molecule has 2 aromatic carbocycles. The van der Waals surface area contributed by atoms with Crippen molar-refractivity contribution in [3.05, 3.63) is 69.3 Å². The number of hydrogen-bond acceptors (Lipinski definition) is 3. The van der Waals surface area contributed by atoms with E-state index in [1.807, 2.05) is 30.3 Å². The first-order valence-electron chi connectivity index (χ1n) is 6.57. The van der Waals surface area contributed by atoms with Crippen LogP contribution in [-0.4, -0.2) is 4.92 Å². The number of benzene rings is 2. The highest BCUT2D eigenvalue weighted by atomic mass is 16.6. The third kappa shape index (κ3) is 2.96. The summed E-state index contributed by atoms with van der Waals surface area (Å²) in [5.74, 6) is 0.834. The number of aryl methyl sites for hydroxylation is 1. The first-order chi connectivity index (χ1) is 9.63. The van der Waals surface area contributed by atoms with Crippen molar-refractivity contribution in [2.45, 2.75) is 26.9 Å². The predicted molar refractivity (Wildman–Crippen MR) is 78.0 cm³/mol. The maximum atomic E-state index is 10.9. The maximum absolute atomic E-state index is 10.9. The number of nitrogens with zero attached hydrogens (tertiary/aromatic N) is 1. The topological polar surface area (TPSA) is 52.4 Å². The van der Waals surface area contributed by atoms with Gasteiger partial charge in [-0.05, 0) is 30.5 Å². The number of nitro benzene ring substituents is 1. The summed E-state index contributed by atoms with van der Waals surface area (Å²) in [6, 6.07) is 12.9. The van der Waals surface area contributed by atoms with Crippen LogP contribution in [0.2, 0.25) is 0 Å². The van der Waals surface area contributed by atoms with Crippen molar-refractivity contribution >= 4 is 5.69 Å². The lowest BCUT2D eigenvalue weighted by Crippen LogP contribution is -2.02. The Kier molecular flexibility index (Phi) is 4.35. The summed E-state index contributed by atoms with van der Waals surface area (Å²) in [5.41, 5.74) is 2.77. The molecule has 2 aromatic rings. The molecule has 0 aromatic heterocycles. The molecule has 0 saturated heterocycles. The van der Waals surface area contributed by atoms with Gasteiger partial charge >= 0.3 is 0 Å². The van der Waals surface area contributed by atoms with Crippen LogP contribution in [0.5, 0.6) is 5.75 Å². The zero-order valence-corrected chi connectivity index (χ0v) is 11.6. The smallest absolute Gasteiger partial charge is 0.272 e. The van der Waals surface area contributed by atoms with E-state index in [0.29, 0.717) is 12.2 Å². The fourth-order valence-corrected chi connectivity index (χ4v) is 2.12. The third-order valence-electron chi connectivity index (χ3n) is 3.35. The largest absolute Gasteiger partial charge is 0.489 e. The van der Waals surface area contributed by atoms with Gasteiger partial charge in [0.05, 0.1) is 4.92 Å². The van der Waals surface area contributed by atoms with Gasteiger partial charge in [0.25, 0.3) is 5.69 Å². The molecule has 0 aliphatic rings. The predicted octanol–water partition coefficient (Wildman–Crippen LogP) is 4.04. The normalized spacial score (nSPS) is 10.3. The van der Waals surface area contributed by atoms with Gasteiger partial charge in [-0.2, -0.15) is 0 Å². The minimum atomic E-state index is -0.362. The second kappa shape index (κ2) is 6.19. The Hall–Kier alpha value is -2.36. The summed E-state index contributed by atoms with van der Waals surface area (Å²) in [4.78, 5) is 10.6. The standard InChI is InChI=1S/C16H17NO3/c1-3-13-7-4-5-10-16(13)20-11-14-8-6-9-15(12(14)2)17(18)19/h4-10H,3,11H2,1-2H3. The minimum absolute atomic E-state index is 0.134. The van der Waals surface area contributed by atoms with Crippen LogP contribution in [0, 0.1) is 17.0 Å². The fraction of sp³-hybridized carbons (Fsp3) is 0.250. The molecule has 0 spiro atoms. The van der Waals surface area contributed by atoms with E-state index in [1.165, 1.54) is 6.07 Å². The lowest BCUT2D eigenvalue weighted by atomic mass is 10.1. The van der Waals surface area contributed by atoms with E-state index in [4.69, 9.17) is 4.74 Å². The van der Waals surface area contributed by atoms with Crippen molar-refractivity contribution in [2.75, 3.05) is 0 Å². The highest BCUT2D eigenvalue weighted by Gasteiger charge is 2.13. The number of hydrogen-bond donors (Lipinski definition) is 0. The Balaban J connectivity index is 2.19. The first kappa shape index (κ1) is 14.1. The molecule has 0 atom stereocenters. The van der Waals surface area contributed by atoms with Crippen molar-refractivity contribution in [1.82, 2.24) is 0 Å². The molecule has 0 aliphatic carbocycles. The second-order valence-corrected chi connectivity index (χ2v) is 4.57. The van der Waals surface area contributed by atoms with Crippen molar-refractivity contribution in [3.63, 3.8) is 0 Å². The molecular formula is C16H17NO3. The maximum Gasteiger partial charge on any atom is 0.272 e.